The molecule has 0 aliphatic carbocycles. The summed E-state index contributed by atoms with van der Waals surface area (Å²) in [4.78, 5) is 35.4. The van der Waals surface area contributed by atoms with Gasteiger partial charge in [-0.25, -0.2) is 14.4 Å². The van der Waals surface area contributed by atoms with Gasteiger partial charge in [0.1, 0.15) is 6.61 Å². The summed E-state index contributed by atoms with van der Waals surface area (Å²) in [7, 11) is 0. The van der Waals surface area contributed by atoms with E-state index in [4.69, 9.17) is 14.2 Å². The van der Waals surface area contributed by atoms with Crippen LogP contribution in [0.4, 0.5) is 4.79 Å². The van der Waals surface area contributed by atoms with Gasteiger partial charge in [0.25, 0.3) is 0 Å². The van der Waals surface area contributed by atoms with E-state index >= 15 is 0 Å². The molecule has 2 aliphatic heterocycles. The fourth-order valence-electron chi connectivity index (χ4n) is 2.39. The maximum atomic E-state index is 12.0. The van der Waals surface area contributed by atoms with Crippen molar-refractivity contribution in [2.24, 2.45) is 0 Å². The highest BCUT2D eigenvalue weighted by molar-refractivity contribution is 5.94. The zero-order chi connectivity index (χ0) is 16.1. The zero-order valence-corrected chi connectivity index (χ0v) is 12.6. The second-order valence-electron chi connectivity index (χ2n) is 5.04. The molecule has 0 aromatic rings. The summed E-state index contributed by atoms with van der Waals surface area (Å²) in [5, 5.41) is 5.06. The molecule has 2 aliphatic rings. The first-order valence-corrected chi connectivity index (χ1v) is 7.28. The van der Waals surface area contributed by atoms with Crippen molar-refractivity contribution in [1.82, 2.24) is 10.6 Å². The molecule has 2 N–H and O–H groups in total. The van der Waals surface area contributed by atoms with Crippen LogP contribution in [0.3, 0.4) is 0 Å². The fourth-order valence-corrected chi connectivity index (χ4v) is 2.39. The van der Waals surface area contributed by atoms with E-state index in [1.54, 1.807) is 13.8 Å². The lowest BCUT2D eigenvalue weighted by atomic mass is 10.0. The predicted octanol–water partition coefficient (Wildman–Crippen LogP) is 0.227. The molecule has 0 bridgehead atoms. The van der Waals surface area contributed by atoms with Crippen molar-refractivity contribution in [1.29, 1.82) is 0 Å². The van der Waals surface area contributed by atoms with Crippen molar-refractivity contribution >= 4 is 18.0 Å². The SMILES string of the molecule is CCOC(=O)C1=C(COC(=O)[C@H]2CCCO2)NC(=O)N[C@H]1C. The second-order valence-corrected chi connectivity index (χ2v) is 5.04. The highest BCUT2D eigenvalue weighted by Gasteiger charge is 2.31. The summed E-state index contributed by atoms with van der Waals surface area (Å²) in [5.74, 6) is -1.04. The second kappa shape index (κ2) is 7.26. The highest BCUT2D eigenvalue weighted by Crippen LogP contribution is 2.17. The van der Waals surface area contributed by atoms with Crippen LogP contribution in [0.15, 0.2) is 11.3 Å². The minimum Gasteiger partial charge on any atom is -0.463 e. The Hall–Kier alpha value is -2.09. The zero-order valence-electron chi connectivity index (χ0n) is 12.6. The Bertz CT molecular complexity index is 496. The lowest BCUT2D eigenvalue weighted by Gasteiger charge is -2.26. The van der Waals surface area contributed by atoms with Crippen molar-refractivity contribution < 1.29 is 28.6 Å². The number of carbonyl (C=O) groups is 3. The van der Waals surface area contributed by atoms with Crippen molar-refractivity contribution in [3.8, 4) is 0 Å². The van der Waals surface area contributed by atoms with Gasteiger partial charge in [0.05, 0.1) is 23.9 Å². The Labute approximate surface area is 128 Å². The number of amides is 2. The van der Waals surface area contributed by atoms with Gasteiger partial charge in [-0.05, 0) is 26.7 Å². The molecule has 2 atom stereocenters. The Kier molecular flexibility index (Phi) is 5.37. The maximum Gasteiger partial charge on any atom is 0.338 e. The number of hydrogen-bond donors (Lipinski definition) is 2. The molecule has 2 rings (SSSR count). The molecule has 22 heavy (non-hydrogen) atoms. The molecule has 0 spiro atoms. The van der Waals surface area contributed by atoms with Crippen molar-refractivity contribution in [2.75, 3.05) is 19.8 Å². The topological polar surface area (TPSA) is 103 Å². The molecule has 0 radical (unpaired) electrons. The number of carbonyl (C=O) groups excluding carboxylic acids is 3. The molecule has 1 saturated heterocycles. The third-order valence-electron chi connectivity index (χ3n) is 3.42. The predicted molar refractivity (Wildman–Crippen MR) is 74.7 cm³/mol. The van der Waals surface area contributed by atoms with Gasteiger partial charge >= 0.3 is 18.0 Å². The first-order valence-electron chi connectivity index (χ1n) is 7.28. The average Bonchev–Trinajstić information content (AvgIpc) is 2.98. The molecular formula is C14H20N2O6. The van der Waals surface area contributed by atoms with Crippen LogP contribution in [-0.4, -0.2) is 49.9 Å². The van der Waals surface area contributed by atoms with E-state index in [1.165, 1.54) is 0 Å². The molecular weight excluding hydrogens is 292 g/mol. The molecule has 2 amide bonds. The molecule has 8 heteroatoms. The van der Waals surface area contributed by atoms with E-state index in [1.807, 2.05) is 0 Å². The quantitative estimate of drug-likeness (QED) is 0.704. The largest absolute Gasteiger partial charge is 0.463 e. The number of ether oxygens (including phenoxy) is 3. The smallest absolute Gasteiger partial charge is 0.338 e. The van der Waals surface area contributed by atoms with Gasteiger partial charge in [0, 0.05) is 6.61 Å². The summed E-state index contributed by atoms with van der Waals surface area (Å²) < 4.78 is 15.3. The van der Waals surface area contributed by atoms with Crippen LogP contribution in [0.5, 0.6) is 0 Å². The summed E-state index contributed by atoms with van der Waals surface area (Å²) >= 11 is 0. The van der Waals surface area contributed by atoms with E-state index in [-0.39, 0.29) is 24.5 Å². The van der Waals surface area contributed by atoms with Crippen molar-refractivity contribution in [3.05, 3.63) is 11.3 Å². The number of nitrogens with one attached hydrogen (secondary N) is 2. The van der Waals surface area contributed by atoms with Crippen LogP contribution < -0.4 is 10.6 Å². The van der Waals surface area contributed by atoms with Crippen molar-refractivity contribution in [3.63, 3.8) is 0 Å². The Morgan fingerprint density at radius 1 is 1.36 bits per heavy atom. The molecule has 0 aromatic heterocycles. The molecule has 0 unspecified atom stereocenters. The lowest BCUT2D eigenvalue weighted by molar-refractivity contribution is -0.153. The summed E-state index contributed by atoms with van der Waals surface area (Å²) in [6.07, 6.45) is 0.864. The molecule has 8 nitrogen and oxygen atoms in total. The van der Waals surface area contributed by atoms with E-state index in [2.05, 4.69) is 10.6 Å². The maximum absolute atomic E-state index is 12.0. The van der Waals surface area contributed by atoms with Crippen LogP contribution in [-0.2, 0) is 23.8 Å². The van der Waals surface area contributed by atoms with Crippen LogP contribution >= 0.6 is 0 Å². The Morgan fingerprint density at radius 2 is 2.14 bits per heavy atom. The minimum absolute atomic E-state index is 0.204. The van der Waals surface area contributed by atoms with Crippen LogP contribution in [0.1, 0.15) is 26.7 Å². The van der Waals surface area contributed by atoms with Crippen LogP contribution in [0, 0.1) is 0 Å². The van der Waals surface area contributed by atoms with Crippen LogP contribution in [0.25, 0.3) is 0 Å². The third-order valence-corrected chi connectivity index (χ3v) is 3.42. The normalized spacial score (nSPS) is 24.5. The molecule has 2 heterocycles. The van der Waals surface area contributed by atoms with Crippen molar-refractivity contribution in [2.45, 2.75) is 38.8 Å². The first-order chi connectivity index (χ1) is 10.5. The number of urea groups is 1. The van der Waals surface area contributed by atoms with E-state index in [0.717, 1.165) is 6.42 Å². The van der Waals surface area contributed by atoms with E-state index < -0.39 is 30.1 Å². The van der Waals surface area contributed by atoms with Gasteiger partial charge in [-0.3, -0.25) is 0 Å². The summed E-state index contributed by atoms with van der Waals surface area (Å²) in [6.45, 7) is 3.90. The number of hydrogen-bond acceptors (Lipinski definition) is 6. The summed E-state index contributed by atoms with van der Waals surface area (Å²) in [6, 6.07) is -0.979. The van der Waals surface area contributed by atoms with Gasteiger partial charge < -0.3 is 24.8 Å². The molecule has 1 fully saturated rings. The molecule has 0 aromatic carbocycles. The number of rotatable bonds is 5. The fraction of sp³-hybridized carbons (Fsp3) is 0.643. The Morgan fingerprint density at radius 3 is 2.77 bits per heavy atom. The monoisotopic (exact) mass is 312 g/mol. The first kappa shape index (κ1) is 16.3. The van der Waals surface area contributed by atoms with Gasteiger partial charge in [-0.1, -0.05) is 0 Å². The van der Waals surface area contributed by atoms with Gasteiger partial charge in [0.15, 0.2) is 6.10 Å². The van der Waals surface area contributed by atoms with Gasteiger partial charge in [-0.15, -0.1) is 0 Å². The Balaban J connectivity index is 2.07. The van der Waals surface area contributed by atoms with E-state index in [9.17, 15) is 14.4 Å². The molecule has 0 saturated carbocycles. The van der Waals surface area contributed by atoms with Crippen LogP contribution in [0.2, 0.25) is 0 Å². The number of esters is 2. The van der Waals surface area contributed by atoms with E-state index in [0.29, 0.717) is 13.0 Å². The molecule has 122 valence electrons. The summed E-state index contributed by atoms with van der Waals surface area (Å²) in [5.41, 5.74) is 0.489. The average molecular weight is 312 g/mol. The standard InChI is InChI=1S/C14H20N2O6/c1-3-20-13(18)11-8(2)15-14(19)16-9(11)7-22-12(17)10-5-4-6-21-10/h8,10H,3-7H2,1-2H3,(H2,15,16,19)/t8-,10+/m0/s1. The minimum atomic E-state index is -0.568. The van der Waals surface area contributed by atoms with Gasteiger partial charge in [0.2, 0.25) is 0 Å². The van der Waals surface area contributed by atoms with Gasteiger partial charge in [-0.2, -0.15) is 0 Å². The third kappa shape index (κ3) is 3.76. The highest BCUT2D eigenvalue weighted by atomic mass is 16.6. The lowest BCUT2D eigenvalue weighted by Crippen LogP contribution is -2.50.